The summed E-state index contributed by atoms with van der Waals surface area (Å²) in [4.78, 5) is 24.8. The van der Waals surface area contributed by atoms with E-state index in [0.717, 1.165) is 0 Å². The normalized spacial score (nSPS) is 13.7. The van der Waals surface area contributed by atoms with Crippen LogP contribution in [-0.2, 0) is 19.4 Å². The number of rotatable bonds is 6. The SMILES string of the molecule is CCN(CC)C(=O)CCS(=O)(=O)c1ccc2c(c1)OCC(=O)N2. The van der Waals surface area contributed by atoms with Gasteiger partial charge in [0, 0.05) is 25.6 Å². The van der Waals surface area contributed by atoms with Gasteiger partial charge in [-0.25, -0.2) is 8.42 Å². The number of nitrogens with zero attached hydrogens (tertiary/aromatic N) is 1. The van der Waals surface area contributed by atoms with Crippen molar-refractivity contribution in [1.82, 2.24) is 4.90 Å². The van der Waals surface area contributed by atoms with Crippen molar-refractivity contribution >= 4 is 27.3 Å². The molecule has 23 heavy (non-hydrogen) atoms. The van der Waals surface area contributed by atoms with Gasteiger partial charge in [-0.15, -0.1) is 0 Å². The van der Waals surface area contributed by atoms with Crippen molar-refractivity contribution in [3.05, 3.63) is 18.2 Å². The Bertz CT molecular complexity index is 711. The Morgan fingerprint density at radius 2 is 2.00 bits per heavy atom. The number of carbonyl (C=O) groups excluding carboxylic acids is 2. The average Bonchev–Trinajstić information content (AvgIpc) is 2.53. The highest BCUT2D eigenvalue weighted by atomic mass is 32.2. The van der Waals surface area contributed by atoms with Crippen molar-refractivity contribution < 1.29 is 22.7 Å². The number of fused-ring (bicyclic) bond motifs is 1. The molecule has 1 aliphatic heterocycles. The van der Waals surface area contributed by atoms with Crippen LogP contribution in [0.4, 0.5) is 5.69 Å². The van der Waals surface area contributed by atoms with Crippen LogP contribution in [-0.4, -0.2) is 50.6 Å². The summed E-state index contributed by atoms with van der Waals surface area (Å²) in [5.74, 6) is -0.397. The third kappa shape index (κ3) is 4.01. The highest BCUT2D eigenvalue weighted by Gasteiger charge is 2.22. The number of amides is 2. The molecule has 0 saturated heterocycles. The van der Waals surface area contributed by atoms with Gasteiger partial charge in [-0.2, -0.15) is 0 Å². The van der Waals surface area contributed by atoms with Crippen molar-refractivity contribution in [3.63, 3.8) is 0 Å². The van der Waals surface area contributed by atoms with Crippen LogP contribution in [0.2, 0.25) is 0 Å². The fraction of sp³-hybridized carbons (Fsp3) is 0.467. The minimum atomic E-state index is -3.59. The van der Waals surface area contributed by atoms with Gasteiger partial charge in [0.15, 0.2) is 16.4 Å². The number of nitrogens with one attached hydrogen (secondary N) is 1. The highest BCUT2D eigenvalue weighted by Crippen LogP contribution is 2.30. The van der Waals surface area contributed by atoms with Crippen molar-refractivity contribution in [3.8, 4) is 5.75 Å². The first-order chi connectivity index (χ1) is 10.9. The van der Waals surface area contributed by atoms with Crippen LogP contribution in [0.15, 0.2) is 23.1 Å². The fourth-order valence-corrected chi connectivity index (χ4v) is 3.56. The third-order valence-corrected chi connectivity index (χ3v) is 5.36. The Kier molecular flexibility index (Phi) is 5.25. The predicted octanol–water partition coefficient (Wildman–Crippen LogP) is 1.05. The van der Waals surface area contributed by atoms with Crippen molar-refractivity contribution in [2.24, 2.45) is 0 Å². The minimum Gasteiger partial charge on any atom is -0.482 e. The molecule has 0 unspecified atom stereocenters. The molecule has 126 valence electrons. The van der Waals surface area contributed by atoms with E-state index in [-0.39, 0.29) is 35.5 Å². The summed E-state index contributed by atoms with van der Waals surface area (Å²) in [7, 11) is -3.59. The Balaban J connectivity index is 2.11. The Morgan fingerprint density at radius 1 is 1.30 bits per heavy atom. The number of hydrogen-bond donors (Lipinski definition) is 1. The van der Waals surface area contributed by atoms with E-state index in [4.69, 9.17) is 4.74 Å². The van der Waals surface area contributed by atoms with Gasteiger partial charge < -0.3 is 15.0 Å². The third-order valence-electron chi connectivity index (χ3n) is 3.65. The molecule has 0 spiro atoms. The summed E-state index contributed by atoms with van der Waals surface area (Å²) in [5, 5.41) is 2.60. The van der Waals surface area contributed by atoms with Crippen molar-refractivity contribution in [2.45, 2.75) is 25.2 Å². The lowest BCUT2D eigenvalue weighted by Gasteiger charge is -2.19. The molecule has 0 aliphatic carbocycles. The molecular formula is C15H20N2O5S. The Morgan fingerprint density at radius 3 is 2.65 bits per heavy atom. The van der Waals surface area contributed by atoms with E-state index in [0.29, 0.717) is 24.5 Å². The minimum absolute atomic E-state index is 0.0569. The van der Waals surface area contributed by atoms with E-state index >= 15 is 0 Å². The summed E-state index contributed by atoms with van der Waals surface area (Å²) in [5.41, 5.74) is 0.444. The van der Waals surface area contributed by atoms with Crippen LogP contribution >= 0.6 is 0 Å². The lowest BCUT2D eigenvalue weighted by Crippen LogP contribution is -2.31. The largest absolute Gasteiger partial charge is 0.482 e. The molecular weight excluding hydrogens is 320 g/mol. The van der Waals surface area contributed by atoms with Gasteiger partial charge in [0.2, 0.25) is 5.91 Å². The first-order valence-corrected chi connectivity index (χ1v) is 9.09. The summed E-state index contributed by atoms with van der Waals surface area (Å²) >= 11 is 0. The molecule has 0 radical (unpaired) electrons. The Hall–Kier alpha value is -2.09. The molecule has 0 atom stereocenters. The highest BCUT2D eigenvalue weighted by molar-refractivity contribution is 7.91. The van der Waals surface area contributed by atoms with Crippen LogP contribution in [0.3, 0.4) is 0 Å². The lowest BCUT2D eigenvalue weighted by molar-refractivity contribution is -0.130. The summed E-state index contributed by atoms with van der Waals surface area (Å²) in [6, 6.07) is 4.28. The van der Waals surface area contributed by atoms with E-state index in [9.17, 15) is 18.0 Å². The second-order valence-corrected chi connectivity index (χ2v) is 7.24. The zero-order valence-electron chi connectivity index (χ0n) is 13.2. The maximum atomic E-state index is 12.4. The maximum absolute atomic E-state index is 12.4. The molecule has 0 saturated carbocycles. The molecule has 2 amide bonds. The van der Waals surface area contributed by atoms with Crippen molar-refractivity contribution in [1.29, 1.82) is 0 Å². The number of hydrogen-bond acceptors (Lipinski definition) is 5. The standard InChI is InChI=1S/C15H20N2O5S/c1-3-17(4-2)15(19)7-8-23(20,21)11-5-6-12-13(9-11)22-10-14(18)16-12/h5-6,9H,3-4,7-8,10H2,1-2H3,(H,16,18). The smallest absolute Gasteiger partial charge is 0.262 e. The van der Waals surface area contributed by atoms with Gasteiger partial charge >= 0.3 is 0 Å². The zero-order chi connectivity index (χ0) is 17.0. The molecule has 1 N–H and O–H groups in total. The van der Waals surface area contributed by atoms with Gasteiger partial charge in [0.1, 0.15) is 5.75 Å². The second kappa shape index (κ2) is 6.99. The Labute approximate surface area is 135 Å². The maximum Gasteiger partial charge on any atom is 0.262 e. The molecule has 8 heteroatoms. The van der Waals surface area contributed by atoms with Gasteiger partial charge in [-0.05, 0) is 26.0 Å². The van der Waals surface area contributed by atoms with Crippen LogP contribution in [0.1, 0.15) is 20.3 Å². The number of carbonyl (C=O) groups is 2. The summed E-state index contributed by atoms with van der Waals surface area (Å²) < 4.78 is 30.0. The first kappa shape index (κ1) is 17.3. The van der Waals surface area contributed by atoms with Crippen LogP contribution in [0.5, 0.6) is 5.75 Å². The molecule has 2 rings (SSSR count). The molecule has 1 aromatic rings. The molecule has 7 nitrogen and oxygen atoms in total. The number of anilines is 1. The van der Waals surface area contributed by atoms with Gasteiger partial charge in [0.05, 0.1) is 16.3 Å². The van der Waals surface area contributed by atoms with Crippen LogP contribution in [0.25, 0.3) is 0 Å². The molecule has 0 fully saturated rings. The summed E-state index contributed by atoms with van der Waals surface area (Å²) in [6.07, 6.45) is -0.0569. The molecule has 0 bridgehead atoms. The molecule has 1 aliphatic rings. The number of sulfone groups is 1. The first-order valence-electron chi connectivity index (χ1n) is 7.44. The lowest BCUT2D eigenvalue weighted by atomic mass is 10.2. The average molecular weight is 340 g/mol. The quantitative estimate of drug-likeness (QED) is 0.835. The monoisotopic (exact) mass is 340 g/mol. The zero-order valence-corrected chi connectivity index (χ0v) is 14.0. The van der Waals surface area contributed by atoms with E-state index in [1.807, 2.05) is 13.8 Å². The van der Waals surface area contributed by atoms with Gasteiger partial charge in [-0.1, -0.05) is 0 Å². The van der Waals surface area contributed by atoms with E-state index in [1.165, 1.54) is 18.2 Å². The fourth-order valence-electron chi connectivity index (χ4n) is 2.32. The van der Waals surface area contributed by atoms with Gasteiger partial charge in [0.25, 0.3) is 5.91 Å². The van der Waals surface area contributed by atoms with Crippen LogP contribution < -0.4 is 10.1 Å². The number of ether oxygens (including phenoxy) is 1. The second-order valence-electron chi connectivity index (χ2n) is 5.13. The van der Waals surface area contributed by atoms with Crippen LogP contribution in [0, 0.1) is 0 Å². The topological polar surface area (TPSA) is 92.8 Å². The molecule has 0 aromatic heterocycles. The van der Waals surface area contributed by atoms with Crippen molar-refractivity contribution in [2.75, 3.05) is 30.8 Å². The van der Waals surface area contributed by atoms with E-state index in [2.05, 4.69) is 5.32 Å². The molecule has 1 aromatic carbocycles. The predicted molar refractivity (Wildman–Crippen MR) is 85.2 cm³/mol. The number of benzene rings is 1. The van der Waals surface area contributed by atoms with Gasteiger partial charge in [-0.3, -0.25) is 9.59 Å². The molecule has 1 heterocycles. The summed E-state index contributed by atoms with van der Waals surface area (Å²) in [6.45, 7) is 4.68. The van der Waals surface area contributed by atoms with E-state index < -0.39 is 9.84 Å². The van der Waals surface area contributed by atoms with E-state index in [1.54, 1.807) is 4.90 Å².